The lowest BCUT2D eigenvalue weighted by Gasteiger charge is -2.14. The molecule has 0 saturated carbocycles. The van der Waals surface area contributed by atoms with Crippen LogP contribution in [-0.4, -0.2) is 9.97 Å². The number of thiazole rings is 1. The normalized spacial score (nSPS) is 11.7. The van der Waals surface area contributed by atoms with Gasteiger partial charge in [0.2, 0.25) is 0 Å². The van der Waals surface area contributed by atoms with E-state index in [0.717, 1.165) is 15.4 Å². The molecule has 2 N–H and O–H groups in total. The molecule has 0 spiro atoms. The Labute approximate surface area is 93.0 Å². The van der Waals surface area contributed by atoms with Crippen molar-refractivity contribution in [1.82, 2.24) is 9.97 Å². The van der Waals surface area contributed by atoms with E-state index >= 15 is 0 Å². The first-order valence-electron chi connectivity index (χ1n) is 4.73. The molecule has 3 nitrogen and oxygen atoms in total. The van der Waals surface area contributed by atoms with Crippen molar-refractivity contribution in [3.05, 3.63) is 35.6 Å². The van der Waals surface area contributed by atoms with Crippen LogP contribution in [0.25, 0.3) is 10.6 Å². The minimum Gasteiger partial charge on any atom is -0.321 e. The van der Waals surface area contributed by atoms with Gasteiger partial charge in [0.25, 0.3) is 0 Å². The Bertz CT molecular complexity index is 442. The molecular formula is C11H13N3S. The molecule has 2 aromatic heterocycles. The Morgan fingerprint density at radius 2 is 1.93 bits per heavy atom. The van der Waals surface area contributed by atoms with Gasteiger partial charge in [0.15, 0.2) is 0 Å². The summed E-state index contributed by atoms with van der Waals surface area (Å²) in [6.45, 7) is 3.97. The number of aromatic nitrogens is 2. The second kappa shape index (κ2) is 3.72. The fourth-order valence-corrected chi connectivity index (χ4v) is 2.14. The number of pyridine rings is 1. The number of nitrogens with two attached hydrogens (primary N) is 1. The van der Waals surface area contributed by atoms with Gasteiger partial charge in [-0.25, -0.2) is 4.98 Å². The third kappa shape index (κ3) is 2.22. The van der Waals surface area contributed by atoms with Crippen LogP contribution in [0, 0.1) is 0 Å². The fraction of sp³-hybridized carbons (Fsp3) is 0.273. The largest absolute Gasteiger partial charge is 0.321 e. The Morgan fingerprint density at radius 3 is 2.47 bits per heavy atom. The molecule has 2 rings (SSSR count). The zero-order valence-corrected chi connectivity index (χ0v) is 9.58. The monoisotopic (exact) mass is 219 g/mol. The third-order valence-electron chi connectivity index (χ3n) is 2.07. The van der Waals surface area contributed by atoms with Crippen molar-refractivity contribution in [2.45, 2.75) is 19.4 Å². The zero-order valence-electron chi connectivity index (χ0n) is 8.77. The van der Waals surface area contributed by atoms with E-state index in [2.05, 4.69) is 9.97 Å². The fourth-order valence-electron chi connectivity index (χ4n) is 1.20. The molecule has 0 aliphatic heterocycles. The molecule has 0 atom stereocenters. The first-order valence-corrected chi connectivity index (χ1v) is 5.54. The van der Waals surface area contributed by atoms with Crippen LogP contribution in [0.4, 0.5) is 0 Å². The Morgan fingerprint density at radius 1 is 1.27 bits per heavy atom. The number of nitrogens with zero attached hydrogens (tertiary/aromatic N) is 2. The molecule has 0 aliphatic rings. The Kier molecular flexibility index (Phi) is 2.54. The summed E-state index contributed by atoms with van der Waals surface area (Å²) in [5.41, 5.74) is 6.78. The molecule has 0 saturated heterocycles. The lowest BCUT2D eigenvalue weighted by Crippen LogP contribution is -2.27. The maximum atomic E-state index is 6.01. The van der Waals surface area contributed by atoms with E-state index in [-0.39, 0.29) is 5.54 Å². The molecule has 2 heterocycles. The number of rotatable bonds is 2. The van der Waals surface area contributed by atoms with Gasteiger partial charge in [-0.05, 0) is 26.0 Å². The summed E-state index contributed by atoms with van der Waals surface area (Å²) in [6, 6.07) is 3.90. The van der Waals surface area contributed by atoms with E-state index in [1.165, 1.54) is 0 Å². The summed E-state index contributed by atoms with van der Waals surface area (Å²) in [5, 5.41) is 0.992. The van der Waals surface area contributed by atoms with E-state index in [0.29, 0.717) is 0 Å². The molecule has 0 unspecified atom stereocenters. The first-order chi connectivity index (χ1) is 7.07. The van der Waals surface area contributed by atoms with Crippen molar-refractivity contribution >= 4 is 11.3 Å². The highest BCUT2D eigenvalue weighted by molar-refractivity contribution is 7.15. The van der Waals surface area contributed by atoms with Crippen LogP contribution in [0.15, 0.2) is 30.7 Å². The summed E-state index contributed by atoms with van der Waals surface area (Å²) in [6.07, 6.45) is 5.38. The van der Waals surface area contributed by atoms with Gasteiger partial charge in [-0.2, -0.15) is 0 Å². The maximum Gasteiger partial charge on any atom is 0.123 e. The smallest absolute Gasteiger partial charge is 0.123 e. The third-order valence-corrected chi connectivity index (χ3v) is 3.45. The second-order valence-electron chi connectivity index (χ2n) is 3.99. The zero-order chi connectivity index (χ0) is 10.9. The minimum absolute atomic E-state index is 0.317. The van der Waals surface area contributed by atoms with Crippen LogP contribution in [-0.2, 0) is 5.54 Å². The average molecular weight is 219 g/mol. The number of hydrogen-bond donors (Lipinski definition) is 1. The molecule has 0 aliphatic carbocycles. The summed E-state index contributed by atoms with van der Waals surface area (Å²) >= 11 is 1.63. The molecule has 0 fully saturated rings. The van der Waals surface area contributed by atoms with Gasteiger partial charge in [-0.1, -0.05) is 0 Å². The molecule has 0 aromatic carbocycles. The predicted octanol–water partition coefficient (Wildman–Crippen LogP) is 2.40. The average Bonchev–Trinajstić information content (AvgIpc) is 2.67. The van der Waals surface area contributed by atoms with Gasteiger partial charge < -0.3 is 5.73 Å². The van der Waals surface area contributed by atoms with Crippen LogP contribution in [0.5, 0.6) is 0 Å². The van der Waals surface area contributed by atoms with Gasteiger partial charge in [-0.15, -0.1) is 11.3 Å². The summed E-state index contributed by atoms with van der Waals surface area (Å²) in [7, 11) is 0. The minimum atomic E-state index is -0.317. The van der Waals surface area contributed by atoms with Gasteiger partial charge in [-0.3, -0.25) is 4.98 Å². The van der Waals surface area contributed by atoms with Gasteiger partial charge in [0.1, 0.15) is 5.01 Å². The Balaban J connectivity index is 2.37. The molecule has 4 heteroatoms. The van der Waals surface area contributed by atoms with Crippen molar-refractivity contribution in [2.75, 3.05) is 0 Å². The van der Waals surface area contributed by atoms with Crippen LogP contribution in [0.3, 0.4) is 0 Å². The van der Waals surface area contributed by atoms with E-state index < -0.39 is 0 Å². The maximum absolute atomic E-state index is 6.01. The lowest BCUT2D eigenvalue weighted by atomic mass is 10.1. The SMILES string of the molecule is CC(C)(N)c1cnc(-c2ccncc2)s1. The summed E-state index contributed by atoms with van der Waals surface area (Å²) in [4.78, 5) is 9.43. The quantitative estimate of drug-likeness (QED) is 0.843. The molecule has 15 heavy (non-hydrogen) atoms. The molecule has 2 aromatic rings. The van der Waals surface area contributed by atoms with E-state index in [9.17, 15) is 0 Å². The lowest BCUT2D eigenvalue weighted by molar-refractivity contribution is 0.566. The summed E-state index contributed by atoms with van der Waals surface area (Å²) in [5.74, 6) is 0. The van der Waals surface area contributed by atoms with Gasteiger partial charge >= 0.3 is 0 Å². The molecule has 0 bridgehead atoms. The van der Waals surface area contributed by atoms with Crippen molar-refractivity contribution in [3.63, 3.8) is 0 Å². The highest BCUT2D eigenvalue weighted by Crippen LogP contribution is 2.29. The highest BCUT2D eigenvalue weighted by atomic mass is 32.1. The van der Waals surface area contributed by atoms with Crippen molar-refractivity contribution < 1.29 is 0 Å². The van der Waals surface area contributed by atoms with Crippen LogP contribution in [0.2, 0.25) is 0 Å². The van der Waals surface area contributed by atoms with Crippen LogP contribution >= 0.6 is 11.3 Å². The van der Waals surface area contributed by atoms with Gasteiger partial charge in [0.05, 0.1) is 0 Å². The predicted molar refractivity (Wildman–Crippen MR) is 62.6 cm³/mol. The van der Waals surface area contributed by atoms with Crippen LogP contribution in [0.1, 0.15) is 18.7 Å². The van der Waals surface area contributed by atoms with Crippen molar-refractivity contribution in [2.24, 2.45) is 5.73 Å². The summed E-state index contributed by atoms with van der Waals surface area (Å²) < 4.78 is 0. The standard InChI is InChI=1S/C11H13N3S/c1-11(2,12)9-7-14-10(15-9)8-3-5-13-6-4-8/h3-7H,12H2,1-2H3. The van der Waals surface area contributed by atoms with Gasteiger partial charge in [0, 0.05) is 34.6 Å². The van der Waals surface area contributed by atoms with E-state index in [1.54, 1.807) is 23.7 Å². The van der Waals surface area contributed by atoms with E-state index in [4.69, 9.17) is 5.73 Å². The van der Waals surface area contributed by atoms with Crippen molar-refractivity contribution in [1.29, 1.82) is 0 Å². The topological polar surface area (TPSA) is 51.8 Å². The van der Waals surface area contributed by atoms with Crippen LogP contribution < -0.4 is 5.73 Å². The van der Waals surface area contributed by atoms with E-state index in [1.807, 2.05) is 32.2 Å². The second-order valence-corrected chi connectivity index (χ2v) is 5.02. The van der Waals surface area contributed by atoms with Crippen molar-refractivity contribution in [3.8, 4) is 10.6 Å². The molecular weight excluding hydrogens is 206 g/mol. The molecule has 78 valence electrons. The number of hydrogen-bond acceptors (Lipinski definition) is 4. The highest BCUT2D eigenvalue weighted by Gasteiger charge is 2.17. The first kappa shape index (κ1) is 10.3. The molecule has 0 radical (unpaired) electrons. The molecule has 0 amide bonds. The Hall–Kier alpha value is -1.26.